The highest BCUT2D eigenvalue weighted by molar-refractivity contribution is 5.83. The molecule has 1 N–H and O–H groups in total. The van der Waals surface area contributed by atoms with Crippen LogP contribution in [0, 0.1) is 13.8 Å². The van der Waals surface area contributed by atoms with Gasteiger partial charge in [0.1, 0.15) is 11.5 Å². The van der Waals surface area contributed by atoms with E-state index in [1.165, 1.54) is 0 Å². The van der Waals surface area contributed by atoms with Crippen LogP contribution in [0.5, 0.6) is 0 Å². The third-order valence-corrected chi connectivity index (χ3v) is 4.54. The first-order valence-electron chi connectivity index (χ1n) is 8.18. The van der Waals surface area contributed by atoms with E-state index in [0.717, 1.165) is 49.7 Å². The van der Waals surface area contributed by atoms with Gasteiger partial charge in [0.25, 0.3) is 0 Å². The van der Waals surface area contributed by atoms with Crippen LogP contribution in [0.15, 0.2) is 10.5 Å². The number of carbonyl (C=O) groups excluding carboxylic acids is 1. The van der Waals surface area contributed by atoms with Gasteiger partial charge in [-0.25, -0.2) is 0 Å². The second kappa shape index (κ2) is 7.29. The first-order chi connectivity index (χ1) is 10.4. The van der Waals surface area contributed by atoms with Crippen molar-refractivity contribution in [1.29, 1.82) is 0 Å². The number of hydrogen-bond acceptors (Lipinski definition) is 4. The maximum absolute atomic E-state index is 12.7. The zero-order valence-electron chi connectivity index (χ0n) is 14.1. The molecule has 0 radical (unpaired) electrons. The van der Waals surface area contributed by atoms with Crippen molar-refractivity contribution in [3.05, 3.63) is 23.2 Å². The third kappa shape index (κ3) is 3.90. The van der Waals surface area contributed by atoms with Gasteiger partial charge in [-0.15, -0.1) is 0 Å². The predicted octanol–water partition coefficient (Wildman–Crippen LogP) is 1.92. The topological polar surface area (TPSA) is 56.9 Å². The summed E-state index contributed by atoms with van der Waals surface area (Å²) in [4.78, 5) is 16.8. The Bertz CT molecular complexity index is 504. The fraction of sp³-hybridized carbons (Fsp3) is 0.706. The second-order valence-corrected chi connectivity index (χ2v) is 6.28. The predicted molar refractivity (Wildman–Crippen MR) is 85.9 cm³/mol. The largest absolute Gasteiger partial charge is 0.466 e. The Labute approximate surface area is 132 Å². The molecule has 22 heavy (non-hydrogen) atoms. The van der Waals surface area contributed by atoms with Crippen molar-refractivity contribution in [2.75, 3.05) is 32.7 Å². The standard InChI is InChI=1S/C17H28N2O3/c1-5-15(20)11-18-6-8-19(9-7-18)17(21)13(3)16-10-12(2)22-14(16)4/h10,13,15,20H,5-9,11H2,1-4H3/t13-,15+/m1/s1. The van der Waals surface area contributed by atoms with Gasteiger partial charge >= 0.3 is 0 Å². The molecule has 1 fully saturated rings. The summed E-state index contributed by atoms with van der Waals surface area (Å²) in [5.41, 5.74) is 0.992. The number of amides is 1. The van der Waals surface area contributed by atoms with E-state index >= 15 is 0 Å². The Morgan fingerprint density at radius 2 is 1.95 bits per heavy atom. The van der Waals surface area contributed by atoms with E-state index in [1.54, 1.807) is 0 Å². The van der Waals surface area contributed by atoms with Gasteiger partial charge in [0, 0.05) is 38.3 Å². The Balaban J connectivity index is 1.91. The van der Waals surface area contributed by atoms with E-state index in [-0.39, 0.29) is 17.9 Å². The number of nitrogens with zero attached hydrogens (tertiary/aromatic N) is 2. The van der Waals surface area contributed by atoms with Crippen LogP contribution in [0.25, 0.3) is 0 Å². The summed E-state index contributed by atoms with van der Waals surface area (Å²) in [6.45, 7) is 11.6. The van der Waals surface area contributed by atoms with Crippen molar-refractivity contribution in [3.8, 4) is 0 Å². The van der Waals surface area contributed by atoms with Crippen LogP contribution < -0.4 is 0 Å². The quantitative estimate of drug-likeness (QED) is 0.903. The van der Waals surface area contributed by atoms with E-state index < -0.39 is 0 Å². The smallest absolute Gasteiger partial charge is 0.230 e. The van der Waals surface area contributed by atoms with Crippen molar-refractivity contribution >= 4 is 5.91 Å². The number of furan rings is 1. The molecule has 0 unspecified atom stereocenters. The van der Waals surface area contributed by atoms with Crippen LogP contribution in [0.2, 0.25) is 0 Å². The van der Waals surface area contributed by atoms with Crippen LogP contribution in [0.1, 0.15) is 43.3 Å². The molecule has 0 aromatic carbocycles. The molecule has 1 aliphatic rings. The van der Waals surface area contributed by atoms with Crippen LogP contribution in [-0.2, 0) is 4.79 Å². The molecule has 1 aromatic heterocycles. The molecule has 2 rings (SSSR count). The number of β-amino-alcohol motifs (C(OH)–C–C–N with tert-alkyl or cyclic N) is 1. The van der Waals surface area contributed by atoms with Crippen molar-refractivity contribution in [2.45, 2.75) is 46.1 Å². The molecule has 0 aliphatic carbocycles. The first-order valence-corrected chi connectivity index (χ1v) is 8.18. The lowest BCUT2D eigenvalue weighted by atomic mass is 9.99. The monoisotopic (exact) mass is 308 g/mol. The van der Waals surface area contributed by atoms with Crippen molar-refractivity contribution < 1.29 is 14.3 Å². The summed E-state index contributed by atoms with van der Waals surface area (Å²) in [7, 11) is 0. The van der Waals surface area contributed by atoms with Gasteiger partial charge in [-0.2, -0.15) is 0 Å². The number of aliphatic hydroxyl groups excluding tert-OH is 1. The van der Waals surface area contributed by atoms with Crippen LogP contribution in [-0.4, -0.2) is 59.6 Å². The van der Waals surface area contributed by atoms with Crippen LogP contribution in [0.4, 0.5) is 0 Å². The Morgan fingerprint density at radius 3 is 2.45 bits per heavy atom. The van der Waals surface area contributed by atoms with Crippen molar-refractivity contribution in [1.82, 2.24) is 9.80 Å². The van der Waals surface area contributed by atoms with Gasteiger partial charge in [0.05, 0.1) is 12.0 Å². The van der Waals surface area contributed by atoms with Gasteiger partial charge in [-0.3, -0.25) is 9.69 Å². The molecule has 0 bridgehead atoms. The minimum absolute atomic E-state index is 0.162. The van der Waals surface area contributed by atoms with Crippen LogP contribution in [0.3, 0.4) is 0 Å². The summed E-state index contributed by atoms with van der Waals surface area (Å²) in [6.07, 6.45) is 0.507. The molecule has 5 nitrogen and oxygen atoms in total. The molecule has 2 heterocycles. The molecule has 1 aromatic rings. The van der Waals surface area contributed by atoms with Gasteiger partial charge in [0.15, 0.2) is 0 Å². The maximum atomic E-state index is 12.7. The lowest BCUT2D eigenvalue weighted by Crippen LogP contribution is -2.51. The van der Waals surface area contributed by atoms with Gasteiger partial charge in [0.2, 0.25) is 5.91 Å². The van der Waals surface area contributed by atoms with E-state index in [1.807, 2.05) is 38.7 Å². The van der Waals surface area contributed by atoms with Crippen molar-refractivity contribution in [3.63, 3.8) is 0 Å². The minimum Gasteiger partial charge on any atom is -0.466 e. The zero-order valence-corrected chi connectivity index (χ0v) is 14.1. The van der Waals surface area contributed by atoms with Gasteiger partial charge in [-0.1, -0.05) is 6.92 Å². The summed E-state index contributed by atoms with van der Waals surface area (Å²) in [5, 5.41) is 9.72. The average Bonchev–Trinajstić information content (AvgIpc) is 2.85. The molecular weight excluding hydrogens is 280 g/mol. The SMILES string of the molecule is CC[C@H](O)CN1CCN(C(=O)[C@H](C)c2cc(C)oc2C)CC1. The molecule has 2 atom stereocenters. The highest BCUT2D eigenvalue weighted by Gasteiger charge is 2.28. The third-order valence-electron chi connectivity index (χ3n) is 4.54. The minimum atomic E-state index is -0.266. The number of piperazine rings is 1. The van der Waals surface area contributed by atoms with E-state index in [0.29, 0.717) is 6.54 Å². The molecule has 0 spiro atoms. The van der Waals surface area contributed by atoms with Crippen molar-refractivity contribution in [2.24, 2.45) is 0 Å². The highest BCUT2D eigenvalue weighted by atomic mass is 16.3. The molecule has 1 amide bonds. The fourth-order valence-electron chi connectivity index (χ4n) is 3.07. The first kappa shape index (κ1) is 17.0. The maximum Gasteiger partial charge on any atom is 0.230 e. The summed E-state index contributed by atoms with van der Waals surface area (Å²) >= 11 is 0. The number of hydrogen-bond donors (Lipinski definition) is 1. The lowest BCUT2D eigenvalue weighted by Gasteiger charge is -2.36. The number of aryl methyl sites for hydroxylation is 2. The van der Waals surface area contributed by atoms with Crippen LogP contribution >= 0.6 is 0 Å². The summed E-state index contributed by atoms with van der Waals surface area (Å²) in [5.74, 6) is 1.69. The number of aliphatic hydroxyl groups is 1. The Hall–Kier alpha value is -1.33. The normalized spacial score (nSPS) is 19.2. The second-order valence-electron chi connectivity index (χ2n) is 6.28. The molecule has 1 aliphatic heterocycles. The molecule has 124 valence electrons. The molecule has 0 saturated carbocycles. The molecule has 1 saturated heterocycles. The van der Waals surface area contributed by atoms with E-state index in [9.17, 15) is 9.90 Å². The Morgan fingerprint density at radius 1 is 1.32 bits per heavy atom. The Kier molecular flexibility index (Phi) is 5.64. The number of carbonyl (C=O) groups is 1. The van der Waals surface area contributed by atoms with Gasteiger partial charge in [-0.05, 0) is 33.3 Å². The summed E-state index contributed by atoms with van der Waals surface area (Å²) in [6, 6.07) is 1.96. The lowest BCUT2D eigenvalue weighted by molar-refractivity contribution is -0.134. The average molecular weight is 308 g/mol. The zero-order chi connectivity index (χ0) is 16.3. The highest BCUT2D eigenvalue weighted by Crippen LogP contribution is 2.25. The fourth-order valence-corrected chi connectivity index (χ4v) is 3.07. The van der Waals surface area contributed by atoms with Gasteiger partial charge < -0.3 is 14.4 Å². The molecular formula is C17H28N2O3. The molecule has 5 heteroatoms. The number of rotatable bonds is 5. The van der Waals surface area contributed by atoms with E-state index in [4.69, 9.17) is 4.42 Å². The summed E-state index contributed by atoms with van der Waals surface area (Å²) < 4.78 is 5.54. The van der Waals surface area contributed by atoms with E-state index in [2.05, 4.69) is 4.90 Å².